The van der Waals surface area contributed by atoms with Gasteiger partial charge in [-0.1, -0.05) is 26.0 Å². The summed E-state index contributed by atoms with van der Waals surface area (Å²) in [5, 5.41) is 6.68. The Morgan fingerprint density at radius 3 is 2.59 bits per heavy atom. The molecule has 3 saturated heterocycles. The van der Waals surface area contributed by atoms with E-state index in [4.69, 9.17) is 9.47 Å². The summed E-state index contributed by atoms with van der Waals surface area (Å²) in [4.78, 5) is 55.8. The van der Waals surface area contributed by atoms with Crippen molar-refractivity contribution >= 4 is 29.6 Å². The van der Waals surface area contributed by atoms with Gasteiger partial charge in [-0.15, -0.1) is 0 Å². The smallest absolute Gasteiger partial charge is 0.306 e. The molecule has 222 valence electrons. The molecule has 8 unspecified atom stereocenters. The number of aldehydes is 1. The van der Waals surface area contributed by atoms with Crippen LogP contribution in [0.4, 0.5) is 5.69 Å². The monoisotopic (exact) mass is 565 g/mol. The van der Waals surface area contributed by atoms with E-state index in [0.717, 1.165) is 31.1 Å². The Balaban J connectivity index is 1.39. The van der Waals surface area contributed by atoms with E-state index in [1.165, 1.54) is 0 Å². The molecule has 1 aromatic rings. The fourth-order valence-electron chi connectivity index (χ4n) is 8.97. The number of carbonyl (C=O) groups excluding carboxylic acids is 4. The molecular weight excluding hydrogens is 522 g/mol. The van der Waals surface area contributed by atoms with Crippen LogP contribution in [0.2, 0.25) is 0 Å². The Kier molecular flexibility index (Phi) is 6.56. The minimum absolute atomic E-state index is 0.130. The zero-order valence-electron chi connectivity index (χ0n) is 25.0. The Bertz CT molecular complexity index is 1310. The number of Topliss-reactive ketones (excluding diaryl/α,β-unsaturated/α-hetero) is 1. The van der Waals surface area contributed by atoms with Gasteiger partial charge in [0, 0.05) is 48.0 Å². The highest BCUT2D eigenvalue weighted by molar-refractivity contribution is 6.16. The number of para-hydroxylation sites is 1. The number of hydrogen-bond acceptors (Lipinski definition) is 8. The fraction of sp³-hybridized carbons (Fsp3) is 0.688. The van der Waals surface area contributed by atoms with Gasteiger partial charge in [0.1, 0.15) is 18.5 Å². The molecule has 6 rings (SSSR count). The normalized spacial score (nSPS) is 40.3. The summed E-state index contributed by atoms with van der Waals surface area (Å²) >= 11 is 0. The average molecular weight is 566 g/mol. The lowest BCUT2D eigenvalue weighted by atomic mass is 9.59. The predicted octanol–water partition coefficient (Wildman–Crippen LogP) is 3.39. The highest BCUT2D eigenvalue weighted by Gasteiger charge is 2.74. The van der Waals surface area contributed by atoms with Gasteiger partial charge in [-0.2, -0.15) is 0 Å². The molecule has 4 fully saturated rings. The van der Waals surface area contributed by atoms with Crippen molar-refractivity contribution in [2.45, 2.75) is 114 Å². The molecule has 9 heteroatoms. The maximum Gasteiger partial charge on any atom is 0.306 e. The third kappa shape index (κ3) is 3.91. The van der Waals surface area contributed by atoms with Gasteiger partial charge in [-0.3, -0.25) is 19.3 Å². The molecule has 4 aliphatic heterocycles. The third-order valence-corrected chi connectivity index (χ3v) is 11.2. The van der Waals surface area contributed by atoms with Gasteiger partial charge in [-0.05, 0) is 71.0 Å². The first-order chi connectivity index (χ1) is 19.4. The number of rotatable bonds is 7. The number of carbonyl (C=O) groups is 4. The molecule has 4 heterocycles. The standard InChI is InChI=1S/C32H43N3O6/c1-7-9-24(37)40-20-12-18(2)35-16-31(33-6)15-32(30(5,17-36)23(31)14-19(35)13-20)22-11-8-10-21(25(22)34-28(32)39)26(38)27-29(3,4)41-27/h8,10-11,17-20,23,27,33H,7,9,12-16H2,1-6H3,(H,34,39). The molecule has 9 nitrogen and oxygen atoms in total. The molecule has 2 N–H and O–H groups in total. The average Bonchev–Trinajstić information content (AvgIpc) is 3.38. The number of ether oxygens (including phenoxy) is 2. The molecular formula is C32H43N3O6. The predicted molar refractivity (Wildman–Crippen MR) is 153 cm³/mol. The van der Waals surface area contributed by atoms with Crippen molar-refractivity contribution in [3.8, 4) is 0 Å². The largest absolute Gasteiger partial charge is 0.462 e. The van der Waals surface area contributed by atoms with Crippen molar-refractivity contribution in [1.29, 1.82) is 0 Å². The van der Waals surface area contributed by atoms with Crippen molar-refractivity contribution in [3.63, 3.8) is 0 Å². The molecule has 1 amide bonds. The number of ketones is 1. The summed E-state index contributed by atoms with van der Waals surface area (Å²) in [5.74, 6) is -0.663. The molecule has 41 heavy (non-hydrogen) atoms. The zero-order chi connectivity index (χ0) is 29.5. The lowest BCUT2D eigenvalue weighted by molar-refractivity contribution is -0.156. The second kappa shape index (κ2) is 9.44. The van der Waals surface area contributed by atoms with E-state index < -0.39 is 28.1 Å². The second-order valence-electron chi connectivity index (χ2n) is 13.8. The van der Waals surface area contributed by atoms with Crippen molar-refractivity contribution < 1.29 is 28.7 Å². The van der Waals surface area contributed by atoms with Gasteiger partial charge < -0.3 is 24.9 Å². The summed E-state index contributed by atoms with van der Waals surface area (Å²) in [5.41, 5.74) is -1.49. The highest BCUT2D eigenvalue weighted by Crippen LogP contribution is 2.67. The van der Waals surface area contributed by atoms with E-state index in [1.807, 2.05) is 46.9 Å². The summed E-state index contributed by atoms with van der Waals surface area (Å²) in [6.07, 6.45) is 4.10. The fourth-order valence-corrected chi connectivity index (χ4v) is 8.97. The van der Waals surface area contributed by atoms with Gasteiger partial charge in [0.05, 0.1) is 16.7 Å². The van der Waals surface area contributed by atoms with Crippen LogP contribution in [0.25, 0.3) is 0 Å². The molecule has 0 radical (unpaired) electrons. The van der Waals surface area contributed by atoms with Crippen LogP contribution in [0.15, 0.2) is 18.2 Å². The van der Waals surface area contributed by atoms with Crippen LogP contribution >= 0.6 is 0 Å². The number of anilines is 1. The number of amides is 1. The van der Waals surface area contributed by atoms with Crippen molar-refractivity contribution in [2.75, 3.05) is 18.9 Å². The molecule has 1 spiro atoms. The van der Waals surface area contributed by atoms with Gasteiger partial charge in [0.25, 0.3) is 0 Å². The van der Waals surface area contributed by atoms with E-state index in [0.29, 0.717) is 37.1 Å². The first-order valence-corrected chi connectivity index (χ1v) is 15.1. The van der Waals surface area contributed by atoms with E-state index >= 15 is 0 Å². The Hall–Kier alpha value is -2.62. The third-order valence-electron chi connectivity index (χ3n) is 11.2. The molecule has 5 aliphatic rings. The first kappa shape index (κ1) is 28.5. The summed E-state index contributed by atoms with van der Waals surface area (Å²) < 4.78 is 11.5. The molecule has 1 aromatic carbocycles. The number of esters is 1. The topological polar surface area (TPSA) is 117 Å². The van der Waals surface area contributed by atoms with Crippen LogP contribution in [0.3, 0.4) is 0 Å². The van der Waals surface area contributed by atoms with Crippen LogP contribution < -0.4 is 10.6 Å². The Morgan fingerprint density at radius 2 is 1.95 bits per heavy atom. The van der Waals surface area contributed by atoms with Gasteiger partial charge in [0.15, 0.2) is 5.78 Å². The van der Waals surface area contributed by atoms with Gasteiger partial charge in [-0.25, -0.2) is 0 Å². The Morgan fingerprint density at radius 1 is 1.22 bits per heavy atom. The van der Waals surface area contributed by atoms with Crippen LogP contribution in [0.1, 0.15) is 89.1 Å². The quantitative estimate of drug-likeness (QED) is 0.224. The second-order valence-corrected chi connectivity index (χ2v) is 13.8. The summed E-state index contributed by atoms with van der Waals surface area (Å²) in [6, 6.07) is 5.79. The van der Waals surface area contributed by atoms with Crippen LogP contribution in [-0.2, 0) is 29.3 Å². The number of piperidine rings is 2. The highest BCUT2D eigenvalue weighted by atomic mass is 16.6. The van der Waals surface area contributed by atoms with E-state index in [9.17, 15) is 19.2 Å². The van der Waals surface area contributed by atoms with Crippen LogP contribution in [0, 0.1) is 11.3 Å². The number of nitrogens with one attached hydrogen (secondary N) is 2. The lowest BCUT2D eigenvalue weighted by Crippen LogP contribution is -2.67. The van der Waals surface area contributed by atoms with Gasteiger partial charge in [0.2, 0.25) is 5.91 Å². The maximum atomic E-state index is 14.2. The lowest BCUT2D eigenvalue weighted by Gasteiger charge is -2.55. The number of likely N-dealkylation sites (N-methyl/N-ethyl adjacent to an activating group) is 1. The zero-order valence-corrected chi connectivity index (χ0v) is 25.0. The van der Waals surface area contributed by atoms with Crippen LogP contribution in [0.5, 0.6) is 0 Å². The van der Waals surface area contributed by atoms with Gasteiger partial charge >= 0.3 is 5.97 Å². The minimum Gasteiger partial charge on any atom is -0.462 e. The number of nitrogens with zero attached hydrogens (tertiary/aromatic N) is 1. The van der Waals surface area contributed by atoms with Crippen molar-refractivity contribution in [3.05, 3.63) is 29.3 Å². The number of benzene rings is 1. The maximum absolute atomic E-state index is 14.2. The van der Waals surface area contributed by atoms with Crippen molar-refractivity contribution in [2.24, 2.45) is 11.3 Å². The number of fused-ring (bicyclic) bond motifs is 4. The molecule has 8 atom stereocenters. The van der Waals surface area contributed by atoms with E-state index in [2.05, 4.69) is 22.5 Å². The van der Waals surface area contributed by atoms with E-state index in [1.54, 1.807) is 6.07 Å². The molecule has 0 aromatic heterocycles. The molecule has 1 saturated carbocycles. The molecule has 1 aliphatic carbocycles. The minimum atomic E-state index is -1.13. The van der Waals surface area contributed by atoms with Crippen LogP contribution in [-0.4, -0.2) is 77.9 Å². The summed E-state index contributed by atoms with van der Waals surface area (Å²) in [6.45, 7) is 10.5. The SMILES string of the molecule is CCCC(=O)OC1CC(C)N2CC3(NC)CC4(C(=O)Nc5c(C(=O)C6OC6(C)C)cccc54)C(C)(C=O)C3CC2C1. The van der Waals surface area contributed by atoms with E-state index in [-0.39, 0.29) is 41.8 Å². The van der Waals surface area contributed by atoms with Crippen molar-refractivity contribution in [1.82, 2.24) is 10.2 Å². The first-order valence-electron chi connectivity index (χ1n) is 15.1. The number of epoxide rings is 1. The number of hydrogen-bond donors (Lipinski definition) is 2. The summed E-state index contributed by atoms with van der Waals surface area (Å²) in [7, 11) is 1.93. The molecule has 0 bridgehead atoms. The Labute approximate surface area is 242 Å².